The molecule has 4 heteroatoms. The maximum Gasteiger partial charge on any atom is 0.257 e. The molecule has 1 aliphatic carbocycles. The van der Waals surface area contributed by atoms with Gasteiger partial charge < -0.3 is 10.1 Å². The SMILES string of the molecule is O=C(COc1ccc2c(c1)CCC2)NCCc1ccccn1. The number of ether oxygens (including phenoxy) is 1. The quantitative estimate of drug-likeness (QED) is 0.890. The van der Waals surface area contributed by atoms with E-state index in [1.807, 2.05) is 24.3 Å². The third-order valence-electron chi connectivity index (χ3n) is 3.87. The Balaban J connectivity index is 1.41. The predicted molar refractivity (Wildman–Crippen MR) is 84.9 cm³/mol. The Bertz CT molecular complexity index is 641. The van der Waals surface area contributed by atoms with Gasteiger partial charge in [-0.1, -0.05) is 12.1 Å². The number of rotatable bonds is 6. The monoisotopic (exact) mass is 296 g/mol. The van der Waals surface area contributed by atoms with E-state index in [-0.39, 0.29) is 12.5 Å². The highest BCUT2D eigenvalue weighted by molar-refractivity contribution is 5.77. The lowest BCUT2D eigenvalue weighted by molar-refractivity contribution is -0.123. The van der Waals surface area contributed by atoms with Crippen molar-refractivity contribution in [3.05, 3.63) is 59.4 Å². The number of carbonyl (C=O) groups is 1. The Morgan fingerprint density at radius 1 is 1.18 bits per heavy atom. The summed E-state index contributed by atoms with van der Waals surface area (Å²) in [5.41, 5.74) is 3.74. The number of pyridine rings is 1. The van der Waals surface area contributed by atoms with Gasteiger partial charge in [0.1, 0.15) is 5.75 Å². The highest BCUT2D eigenvalue weighted by Gasteiger charge is 2.11. The molecule has 3 rings (SSSR count). The zero-order valence-corrected chi connectivity index (χ0v) is 12.5. The summed E-state index contributed by atoms with van der Waals surface area (Å²) in [5.74, 6) is 0.678. The molecule has 0 unspecified atom stereocenters. The van der Waals surface area contributed by atoms with Crippen molar-refractivity contribution in [1.82, 2.24) is 10.3 Å². The zero-order chi connectivity index (χ0) is 15.2. The molecule has 0 aliphatic heterocycles. The molecule has 1 aromatic carbocycles. The molecule has 0 bridgehead atoms. The number of hydrogen-bond donors (Lipinski definition) is 1. The maximum atomic E-state index is 11.8. The summed E-state index contributed by atoms with van der Waals surface area (Å²) in [7, 11) is 0. The van der Waals surface area contributed by atoms with Crippen molar-refractivity contribution in [3.8, 4) is 5.75 Å². The molecule has 0 fully saturated rings. The summed E-state index contributed by atoms with van der Waals surface area (Å²) < 4.78 is 5.57. The second kappa shape index (κ2) is 7.07. The largest absolute Gasteiger partial charge is 0.484 e. The summed E-state index contributed by atoms with van der Waals surface area (Å²) in [6.45, 7) is 0.629. The number of fused-ring (bicyclic) bond motifs is 1. The number of hydrogen-bond acceptors (Lipinski definition) is 3. The normalized spacial score (nSPS) is 12.7. The van der Waals surface area contributed by atoms with E-state index in [1.54, 1.807) is 6.20 Å². The Hall–Kier alpha value is -2.36. The minimum atomic E-state index is -0.101. The Labute approximate surface area is 130 Å². The van der Waals surface area contributed by atoms with Crippen LogP contribution in [0.3, 0.4) is 0 Å². The zero-order valence-electron chi connectivity index (χ0n) is 12.5. The van der Waals surface area contributed by atoms with Gasteiger partial charge in [0.25, 0.3) is 5.91 Å². The topological polar surface area (TPSA) is 51.2 Å². The van der Waals surface area contributed by atoms with Crippen LogP contribution >= 0.6 is 0 Å². The Morgan fingerprint density at radius 3 is 2.95 bits per heavy atom. The first-order chi connectivity index (χ1) is 10.8. The molecule has 0 atom stereocenters. The van der Waals surface area contributed by atoms with Gasteiger partial charge in [-0.2, -0.15) is 0 Å². The highest BCUT2D eigenvalue weighted by atomic mass is 16.5. The summed E-state index contributed by atoms with van der Waals surface area (Å²) in [4.78, 5) is 16.0. The maximum absolute atomic E-state index is 11.8. The van der Waals surface area contributed by atoms with Crippen LogP contribution in [-0.4, -0.2) is 24.0 Å². The van der Waals surface area contributed by atoms with Gasteiger partial charge in [-0.25, -0.2) is 0 Å². The molecule has 0 saturated carbocycles. The fraction of sp³-hybridized carbons (Fsp3) is 0.333. The van der Waals surface area contributed by atoms with Crippen molar-refractivity contribution in [3.63, 3.8) is 0 Å². The number of aromatic nitrogens is 1. The number of carbonyl (C=O) groups excluding carboxylic acids is 1. The molecular weight excluding hydrogens is 276 g/mol. The van der Waals surface area contributed by atoms with E-state index < -0.39 is 0 Å². The van der Waals surface area contributed by atoms with E-state index in [4.69, 9.17) is 4.74 Å². The average molecular weight is 296 g/mol. The van der Waals surface area contributed by atoms with Crippen LogP contribution in [0.2, 0.25) is 0 Å². The van der Waals surface area contributed by atoms with Crippen LogP contribution in [-0.2, 0) is 24.1 Å². The van der Waals surface area contributed by atoms with Gasteiger partial charge in [0.15, 0.2) is 6.61 Å². The van der Waals surface area contributed by atoms with E-state index in [9.17, 15) is 4.79 Å². The van der Waals surface area contributed by atoms with Crippen LogP contribution in [0.4, 0.5) is 0 Å². The van der Waals surface area contributed by atoms with Crippen molar-refractivity contribution in [2.75, 3.05) is 13.2 Å². The number of nitrogens with one attached hydrogen (secondary N) is 1. The second-order valence-corrected chi connectivity index (χ2v) is 5.49. The molecule has 114 valence electrons. The molecular formula is C18H20N2O2. The predicted octanol–water partition coefficient (Wildman–Crippen LogP) is 2.31. The van der Waals surface area contributed by atoms with Crippen molar-refractivity contribution < 1.29 is 9.53 Å². The minimum absolute atomic E-state index is 0.0566. The molecule has 0 saturated heterocycles. The van der Waals surface area contributed by atoms with Crippen LogP contribution in [0.25, 0.3) is 0 Å². The van der Waals surface area contributed by atoms with Crippen LogP contribution in [0.5, 0.6) is 5.75 Å². The van der Waals surface area contributed by atoms with Gasteiger partial charge in [0, 0.05) is 24.9 Å². The highest BCUT2D eigenvalue weighted by Crippen LogP contribution is 2.25. The van der Waals surface area contributed by atoms with Gasteiger partial charge >= 0.3 is 0 Å². The molecule has 4 nitrogen and oxygen atoms in total. The molecule has 0 spiro atoms. The molecule has 1 aliphatic rings. The first-order valence-corrected chi connectivity index (χ1v) is 7.72. The number of amides is 1. The van der Waals surface area contributed by atoms with Crippen LogP contribution in [0, 0.1) is 0 Å². The fourth-order valence-corrected chi connectivity index (χ4v) is 2.71. The third kappa shape index (κ3) is 3.85. The number of benzene rings is 1. The van der Waals surface area contributed by atoms with E-state index in [1.165, 1.54) is 17.5 Å². The summed E-state index contributed by atoms with van der Waals surface area (Å²) in [6, 6.07) is 11.9. The fourth-order valence-electron chi connectivity index (χ4n) is 2.71. The molecule has 0 radical (unpaired) electrons. The Kier molecular flexibility index (Phi) is 4.68. The smallest absolute Gasteiger partial charge is 0.257 e. The van der Waals surface area contributed by atoms with E-state index >= 15 is 0 Å². The lowest BCUT2D eigenvalue weighted by Gasteiger charge is -2.09. The second-order valence-electron chi connectivity index (χ2n) is 5.49. The average Bonchev–Trinajstić information content (AvgIpc) is 3.01. The lowest BCUT2D eigenvalue weighted by Crippen LogP contribution is -2.30. The van der Waals surface area contributed by atoms with E-state index in [0.29, 0.717) is 6.54 Å². The molecule has 1 N–H and O–H groups in total. The molecule has 1 amide bonds. The van der Waals surface area contributed by atoms with Crippen molar-refractivity contribution >= 4 is 5.91 Å². The summed E-state index contributed by atoms with van der Waals surface area (Å²) in [6.07, 6.45) is 5.97. The third-order valence-corrected chi connectivity index (χ3v) is 3.87. The Morgan fingerprint density at radius 2 is 2.09 bits per heavy atom. The first-order valence-electron chi connectivity index (χ1n) is 7.72. The van der Waals surface area contributed by atoms with Crippen LogP contribution in [0.1, 0.15) is 23.2 Å². The van der Waals surface area contributed by atoms with Gasteiger partial charge in [-0.3, -0.25) is 9.78 Å². The lowest BCUT2D eigenvalue weighted by atomic mass is 10.1. The van der Waals surface area contributed by atoms with Crippen molar-refractivity contribution in [2.24, 2.45) is 0 Å². The van der Waals surface area contributed by atoms with E-state index in [2.05, 4.69) is 22.4 Å². The van der Waals surface area contributed by atoms with Crippen molar-refractivity contribution in [2.45, 2.75) is 25.7 Å². The van der Waals surface area contributed by atoms with Crippen LogP contribution in [0.15, 0.2) is 42.6 Å². The number of nitrogens with zero attached hydrogens (tertiary/aromatic N) is 1. The van der Waals surface area contributed by atoms with Gasteiger partial charge in [0.05, 0.1) is 0 Å². The summed E-state index contributed by atoms with van der Waals surface area (Å²) in [5, 5.41) is 2.85. The molecule has 2 aromatic rings. The minimum Gasteiger partial charge on any atom is -0.484 e. The standard InChI is InChI=1S/C18H20N2O2/c21-18(20-11-9-16-6-1-2-10-19-16)13-22-17-8-7-14-4-3-5-15(14)12-17/h1-2,6-8,10,12H,3-5,9,11,13H2,(H,20,21). The molecule has 22 heavy (non-hydrogen) atoms. The van der Waals surface area contributed by atoms with Gasteiger partial charge in [-0.15, -0.1) is 0 Å². The van der Waals surface area contributed by atoms with Crippen LogP contribution < -0.4 is 10.1 Å². The molecule has 1 heterocycles. The van der Waals surface area contributed by atoms with Gasteiger partial charge in [0.2, 0.25) is 0 Å². The van der Waals surface area contributed by atoms with Gasteiger partial charge in [-0.05, 0) is 54.7 Å². The summed E-state index contributed by atoms with van der Waals surface area (Å²) >= 11 is 0. The van der Waals surface area contributed by atoms with Crippen molar-refractivity contribution in [1.29, 1.82) is 0 Å². The first kappa shape index (κ1) is 14.6. The molecule has 1 aromatic heterocycles. The number of aryl methyl sites for hydroxylation is 2. The van der Waals surface area contributed by atoms with E-state index in [0.717, 1.165) is 30.7 Å².